The summed E-state index contributed by atoms with van der Waals surface area (Å²) in [5.41, 5.74) is 1.30. The molecule has 1 unspecified atom stereocenters. The van der Waals surface area contributed by atoms with E-state index in [0.29, 0.717) is 0 Å². The van der Waals surface area contributed by atoms with E-state index in [4.69, 9.17) is 0 Å². The highest BCUT2D eigenvalue weighted by molar-refractivity contribution is 5.94. The maximum absolute atomic E-state index is 12.7. The molecule has 1 aliphatic rings. The summed E-state index contributed by atoms with van der Waals surface area (Å²) in [4.78, 5) is 24.2. The molecule has 0 radical (unpaired) electrons. The molecule has 2 aromatic carbocycles. The van der Waals surface area contributed by atoms with Gasteiger partial charge in [0.25, 0.3) is 0 Å². The molecule has 0 saturated heterocycles. The average Bonchev–Trinajstić information content (AvgIpc) is 3.38. The molecule has 0 aromatic heterocycles. The fraction of sp³-hybridized carbons (Fsp3) is 0.263. The molecule has 2 N–H and O–H groups in total. The Morgan fingerprint density at radius 3 is 2.09 bits per heavy atom. The lowest BCUT2D eigenvalue weighted by Crippen LogP contribution is -2.46. The van der Waals surface area contributed by atoms with E-state index >= 15 is 0 Å². The van der Waals surface area contributed by atoms with Crippen molar-refractivity contribution in [2.45, 2.75) is 30.7 Å². The number of hydrogen-bond acceptors (Lipinski definition) is 2. The zero-order valence-corrected chi connectivity index (χ0v) is 12.7. The number of benzene rings is 2. The minimum Gasteiger partial charge on any atom is -0.480 e. The molecule has 0 spiro atoms. The Morgan fingerprint density at radius 2 is 1.57 bits per heavy atom. The fourth-order valence-corrected chi connectivity index (χ4v) is 2.88. The van der Waals surface area contributed by atoms with Gasteiger partial charge in [-0.25, -0.2) is 4.79 Å². The summed E-state index contributed by atoms with van der Waals surface area (Å²) in [6.45, 7) is 0. The average molecular weight is 309 g/mol. The highest BCUT2D eigenvalue weighted by atomic mass is 16.4. The summed E-state index contributed by atoms with van der Waals surface area (Å²) in [6, 6.07) is 18.0. The third-order valence-corrected chi connectivity index (χ3v) is 4.40. The summed E-state index contributed by atoms with van der Waals surface area (Å²) >= 11 is 0. The topological polar surface area (TPSA) is 66.4 Å². The molecule has 1 atom stereocenters. The lowest BCUT2D eigenvalue weighted by Gasteiger charge is -2.20. The maximum atomic E-state index is 12.7. The Kier molecular flexibility index (Phi) is 4.15. The molecule has 4 nitrogen and oxygen atoms in total. The Labute approximate surface area is 135 Å². The first-order valence-electron chi connectivity index (χ1n) is 7.75. The van der Waals surface area contributed by atoms with Crippen molar-refractivity contribution in [3.63, 3.8) is 0 Å². The lowest BCUT2D eigenvalue weighted by atomic mass is 9.94. The van der Waals surface area contributed by atoms with Crippen molar-refractivity contribution in [3.8, 4) is 0 Å². The number of carboxylic acid groups (broad SMARTS) is 1. The van der Waals surface area contributed by atoms with Crippen molar-refractivity contribution < 1.29 is 14.7 Å². The van der Waals surface area contributed by atoms with Crippen LogP contribution in [0.4, 0.5) is 0 Å². The van der Waals surface area contributed by atoms with Crippen molar-refractivity contribution in [1.82, 2.24) is 5.32 Å². The van der Waals surface area contributed by atoms with Crippen molar-refractivity contribution >= 4 is 11.9 Å². The summed E-state index contributed by atoms with van der Waals surface area (Å²) in [5.74, 6) is -1.20. The monoisotopic (exact) mass is 309 g/mol. The second-order valence-electron chi connectivity index (χ2n) is 6.00. The van der Waals surface area contributed by atoms with E-state index in [0.717, 1.165) is 24.0 Å². The number of hydrogen-bond donors (Lipinski definition) is 2. The minimum atomic E-state index is -1.01. The number of aliphatic carboxylic acids is 1. The van der Waals surface area contributed by atoms with Crippen LogP contribution in [0.3, 0.4) is 0 Å². The van der Waals surface area contributed by atoms with Gasteiger partial charge >= 0.3 is 5.97 Å². The fourth-order valence-electron chi connectivity index (χ4n) is 2.88. The van der Waals surface area contributed by atoms with Crippen LogP contribution >= 0.6 is 0 Å². The summed E-state index contributed by atoms with van der Waals surface area (Å²) in [5, 5.41) is 12.2. The van der Waals surface area contributed by atoms with E-state index in [9.17, 15) is 14.7 Å². The first-order chi connectivity index (χ1) is 11.1. The van der Waals surface area contributed by atoms with E-state index < -0.39 is 17.4 Å². The zero-order chi connectivity index (χ0) is 16.3. The van der Waals surface area contributed by atoms with Crippen molar-refractivity contribution in [3.05, 3.63) is 71.8 Å². The van der Waals surface area contributed by atoms with E-state index in [1.54, 1.807) is 0 Å². The van der Waals surface area contributed by atoms with Gasteiger partial charge < -0.3 is 10.4 Å². The molecule has 0 aliphatic heterocycles. The lowest BCUT2D eigenvalue weighted by molar-refractivity contribution is -0.142. The first-order valence-corrected chi connectivity index (χ1v) is 7.75. The SMILES string of the molecule is O=C(O)C(Cc1ccccc1)NC(=O)C1(c2ccccc2)CC1. The van der Waals surface area contributed by atoms with Crippen LogP contribution in [0.1, 0.15) is 24.0 Å². The van der Waals surface area contributed by atoms with E-state index in [1.165, 1.54) is 0 Å². The minimum absolute atomic E-state index is 0.188. The molecule has 1 amide bonds. The number of amides is 1. The van der Waals surface area contributed by atoms with Gasteiger partial charge in [-0.1, -0.05) is 60.7 Å². The van der Waals surface area contributed by atoms with Crippen molar-refractivity contribution in [2.24, 2.45) is 0 Å². The van der Waals surface area contributed by atoms with Gasteiger partial charge in [0.2, 0.25) is 5.91 Å². The third-order valence-electron chi connectivity index (χ3n) is 4.40. The molecular formula is C19H19NO3. The quantitative estimate of drug-likeness (QED) is 0.861. The summed E-state index contributed by atoms with van der Waals surface area (Å²) < 4.78 is 0. The van der Waals surface area contributed by atoms with Gasteiger partial charge in [0.1, 0.15) is 6.04 Å². The molecule has 3 rings (SSSR count). The van der Waals surface area contributed by atoms with Gasteiger partial charge in [-0.3, -0.25) is 4.79 Å². The molecule has 1 fully saturated rings. The molecule has 0 bridgehead atoms. The highest BCUT2D eigenvalue weighted by Crippen LogP contribution is 2.48. The highest BCUT2D eigenvalue weighted by Gasteiger charge is 2.51. The zero-order valence-electron chi connectivity index (χ0n) is 12.7. The van der Waals surface area contributed by atoms with Gasteiger partial charge in [0, 0.05) is 6.42 Å². The van der Waals surface area contributed by atoms with Gasteiger partial charge in [0.05, 0.1) is 5.41 Å². The number of carbonyl (C=O) groups is 2. The van der Waals surface area contributed by atoms with Crippen LogP contribution in [0.5, 0.6) is 0 Å². The van der Waals surface area contributed by atoms with Crippen molar-refractivity contribution in [1.29, 1.82) is 0 Å². The van der Waals surface area contributed by atoms with E-state index in [2.05, 4.69) is 5.32 Å². The Morgan fingerprint density at radius 1 is 1.00 bits per heavy atom. The van der Waals surface area contributed by atoms with Crippen LogP contribution < -0.4 is 5.32 Å². The smallest absolute Gasteiger partial charge is 0.326 e. The molecule has 0 heterocycles. The normalized spacial score (nSPS) is 16.3. The predicted octanol–water partition coefficient (Wildman–Crippen LogP) is 2.53. The largest absolute Gasteiger partial charge is 0.480 e. The van der Waals surface area contributed by atoms with E-state index in [1.807, 2.05) is 60.7 Å². The molecule has 1 aliphatic carbocycles. The van der Waals surface area contributed by atoms with Crippen LogP contribution in [0, 0.1) is 0 Å². The second kappa shape index (κ2) is 6.24. The summed E-state index contributed by atoms with van der Waals surface area (Å²) in [6.07, 6.45) is 1.81. The van der Waals surface area contributed by atoms with Gasteiger partial charge in [-0.2, -0.15) is 0 Å². The standard InChI is InChI=1S/C19H19NO3/c21-17(22)16(13-14-7-3-1-4-8-14)20-18(23)19(11-12-19)15-9-5-2-6-10-15/h1-10,16H,11-13H2,(H,20,23)(H,21,22). The van der Waals surface area contributed by atoms with Crippen LogP contribution in [0.25, 0.3) is 0 Å². The predicted molar refractivity (Wildman–Crippen MR) is 87.1 cm³/mol. The van der Waals surface area contributed by atoms with Crippen LogP contribution in [-0.4, -0.2) is 23.0 Å². The van der Waals surface area contributed by atoms with Crippen LogP contribution in [-0.2, 0) is 21.4 Å². The molecule has 2 aromatic rings. The number of nitrogens with one attached hydrogen (secondary N) is 1. The third kappa shape index (κ3) is 3.26. The Hall–Kier alpha value is -2.62. The Bertz CT molecular complexity index is 693. The molecule has 23 heavy (non-hydrogen) atoms. The van der Waals surface area contributed by atoms with Gasteiger partial charge in [0.15, 0.2) is 0 Å². The number of carbonyl (C=O) groups excluding carboxylic acids is 1. The maximum Gasteiger partial charge on any atom is 0.326 e. The van der Waals surface area contributed by atoms with E-state index in [-0.39, 0.29) is 12.3 Å². The molecule has 4 heteroatoms. The van der Waals surface area contributed by atoms with Crippen molar-refractivity contribution in [2.75, 3.05) is 0 Å². The van der Waals surface area contributed by atoms with Crippen LogP contribution in [0.2, 0.25) is 0 Å². The Balaban J connectivity index is 1.73. The van der Waals surface area contributed by atoms with Crippen LogP contribution in [0.15, 0.2) is 60.7 Å². The van der Waals surface area contributed by atoms with Gasteiger partial charge in [-0.15, -0.1) is 0 Å². The molecule has 118 valence electrons. The molecular weight excluding hydrogens is 290 g/mol. The summed E-state index contributed by atoms with van der Waals surface area (Å²) in [7, 11) is 0. The molecule has 1 saturated carbocycles. The first kappa shape index (κ1) is 15.3. The second-order valence-corrected chi connectivity index (χ2v) is 6.00. The number of rotatable bonds is 6. The number of carboxylic acids is 1. The van der Waals surface area contributed by atoms with Gasteiger partial charge in [-0.05, 0) is 24.0 Å².